The highest BCUT2D eigenvalue weighted by Gasteiger charge is 2.78. The van der Waals surface area contributed by atoms with E-state index >= 15 is 4.79 Å². The standard InChI is InChI=1S/C42H65ClN4O3/c1-27(2)34-30(48)24-40(33(50)26-47(23-22-46(8)9)25-28-10-12-29(43)13-11-28)19-18-38(6)39(7)17-14-31-36(3,4)32(49)15-16-37(31,5)42(39,45)21-20-41(38,44)35(34)40/h10-13,27,31-32,49H,14-26,44-45H2,1-9H3. The highest BCUT2D eigenvalue weighted by Crippen LogP contribution is 2.77. The molecule has 50 heavy (non-hydrogen) atoms. The van der Waals surface area contributed by atoms with E-state index in [4.69, 9.17) is 23.1 Å². The first kappa shape index (κ1) is 38.1. The van der Waals surface area contributed by atoms with Crippen LogP contribution in [-0.4, -0.2) is 77.4 Å². The fraction of sp³-hybridized carbons (Fsp3) is 0.762. The minimum atomic E-state index is -0.899. The van der Waals surface area contributed by atoms with Crippen molar-refractivity contribution in [3.05, 3.63) is 46.0 Å². The number of hydrogen-bond donors (Lipinski definition) is 3. The SMILES string of the molecule is CC(C)C1=C2C(C(=O)CN(CCN(C)C)Cc3ccc(Cl)cc3)(CCC3(C)C2(N)CCC2(N)C4(C)CCC(O)C(C)(C)C4CCC32C)CC1=O. The van der Waals surface area contributed by atoms with Crippen molar-refractivity contribution < 1.29 is 14.7 Å². The van der Waals surface area contributed by atoms with Crippen LogP contribution in [0.1, 0.15) is 112 Å². The van der Waals surface area contributed by atoms with E-state index in [1.165, 1.54) is 0 Å². The topological polar surface area (TPSA) is 113 Å². The summed E-state index contributed by atoms with van der Waals surface area (Å²) in [6.07, 6.45) is 6.25. The molecule has 0 heterocycles. The van der Waals surface area contributed by atoms with Gasteiger partial charge in [-0.1, -0.05) is 72.2 Å². The van der Waals surface area contributed by atoms with E-state index in [0.29, 0.717) is 30.3 Å². The lowest BCUT2D eigenvalue weighted by Crippen LogP contribution is -2.83. The summed E-state index contributed by atoms with van der Waals surface area (Å²) in [6, 6.07) is 7.86. The fourth-order valence-corrected chi connectivity index (χ4v) is 13.0. The predicted molar refractivity (Wildman–Crippen MR) is 203 cm³/mol. The second kappa shape index (κ2) is 12.5. The Kier molecular flexibility index (Phi) is 9.52. The summed E-state index contributed by atoms with van der Waals surface area (Å²) in [5.41, 5.74) is 15.5. The van der Waals surface area contributed by atoms with Crippen molar-refractivity contribution in [2.45, 2.75) is 130 Å². The number of carbonyl (C=O) groups excluding carboxylic acids is 2. The minimum Gasteiger partial charge on any atom is -0.393 e. The van der Waals surface area contributed by atoms with Crippen molar-refractivity contribution in [2.24, 2.45) is 50.4 Å². The molecule has 0 amide bonds. The van der Waals surface area contributed by atoms with Crippen LogP contribution in [0.15, 0.2) is 35.4 Å². The van der Waals surface area contributed by atoms with Crippen LogP contribution in [0.3, 0.4) is 0 Å². The molecule has 0 saturated heterocycles. The first-order valence-electron chi connectivity index (χ1n) is 19.3. The van der Waals surface area contributed by atoms with Gasteiger partial charge >= 0.3 is 0 Å². The molecule has 5 aliphatic rings. The Balaban J connectivity index is 1.41. The van der Waals surface area contributed by atoms with Crippen molar-refractivity contribution >= 4 is 23.2 Å². The first-order chi connectivity index (χ1) is 23.1. The zero-order valence-electron chi connectivity index (χ0n) is 32.4. The third-order valence-corrected chi connectivity index (χ3v) is 16.4. The van der Waals surface area contributed by atoms with Crippen molar-refractivity contribution in [1.29, 1.82) is 0 Å². The van der Waals surface area contributed by atoms with E-state index in [9.17, 15) is 9.90 Å². The van der Waals surface area contributed by atoms with E-state index in [-0.39, 0.29) is 52.8 Å². The predicted octanol–water partition coefficient (Wildman–Crippen LogP) is 6.78. The van der Waals surface area contributed by atoms with Crippen LogP contribution in [0.5, 0.6) is 0 Å². The average Bonchev–Trinajstić information content (AvgIpc) is 3.36. The number of likely N-dealkylation sites (N-methyl/N-ethyl adjacent to an activating group) is 1. The molecule has 8 atom stereocenters. The molecule has 1 aromatic rings. The van der Waals surface area contributed by atoms with Crippen molar-refractivity contribution in [3.63, 3.8) is 0 Å². The van der Waals surface area contributed by atoms with E-state index in [0.717, 1.165) is 68.3 Å². The average molecular weight is 709 g/mol. The van der Waals surface area contributed by atoms with Crippen LogP contribution < -0.4 is 11.5 Å². The number of fused-ring (bicyclic) bond motifs is 7. The summed E-state index contributed by atoms with van der Waals surface area (Å²) in [6.45, 7) is 18.3. The summed E-state index contributed by atoms with van der Waals surface area (Å²) >= 11 is 6.21. The number of Topliss-reactive ketones (excluding diaryl/α,β-unsaturated/α-hetero) is 2. The number of nitrogens with two attached hydrogens (primary N) is 2. The van der Waals surface area contributed by atoms with Gasteiger partial charge in [-0.25, -0.2) is 0 Å². The quantitative estimate of drug-likeness (QED) is 0.259. The smallest absolute Gasteiger partial charge is 0.160 e. The minimum absolute atomic E-state index is 0.0277. The highest BCUT2D eigenvalue weighted by molar-refractivity contribution is 6.30. The number of rotatable bonds is 9. The number of aliphatic hydroxyl groups is 1. The first-order valence-corrected chi connectivity index (χ1v) is 19.7. The van der Waals surface area contributed by atoms with Gasteiger partial charge in [0.05, 0.1) is 18.1 Å². The van der Waals surface area contributed by atoms with Crippen LogP contribution in [0, 0.1) is 38.9 Å². The number of aliphatic hydroxyl groups excluding tert-OH is 1. The lowest BCUT2D eigenvalue weighted by atomic mass is 9.29. The molecule has 7 nitrogen and oxygen atoms in total. The fourth-order valence-electron chi connectivity index (χ4n) is 12.9. The number of halogens is 1. The van der Waals surface area contributed by atoms with Gasteiger partial charge in [0.1, 0.15) is 0 Å². The van der Waals surface area contributed by atoms with Gasteiger partial charge in [0, 0.05) is 42.2 Å². The van der Waals surface area contributed by atoms with Gasteiger partial charge in [0.2, 0.25) is 0 Å². The molecule has 0 bridgehead atoms. The largest absolute Gasteiger partial charge is 0.393 e. The molecule has 4 fully saturated rings. The molecule has 4 saturated carbocycles. The van der Waals surface area contributed by atoms with E-state index < -0.39 is 21.9 Å². The molecule has 8 unspecified atom stereocenters. The highest BCUT2D eigenvalue weighted by atomic mass is 35.5. The summed E-state index contributed by atoms with van der Waals surface area (Å²) in [7, 11) is 4.11. The van der Waals surface area contributed by atoms with Gasteiger partial charge in [-0.05, 0) is 128 Å². The summed E-state index contributed by atoms with van der Waals surface area (Å²) in [5, 5.41) is 11.9. The Morgan fingerprint density at radius 3 is 2.20 bits per heavy atom. The van der Waals surface area contributed by atoms with Crippen molar-refractivity contribution in [1.82, 2.24) is 9.80 Å². The molecule has 0 radical (unpaired) electrons. The number of nitrogens with zero attached hydrogens (tertiary/aromatic N) is 2. The normalized spacial score (nSPS) is 40.9. The van der Waals surface area contributed by atoms with E-state index in [2.05, 4.69) is 72.4 Å². The van der Waals surface area contributed by atoms with Gasteiger partial charge in [-0.3, -0.25) is 14.5 Å². The monoisotopic (exact) mass is 708 g/mol. The maximum atomic E-state index is 15.1. The third kappa shape index (κ3) is 5.14. The second-order valence-corrected chi connectivity index (χ2v) is 19.6. The van der Waals surface area contributed by atoms with Gasteiger partial charge in [0.25, 0.3) is 0 Å². The van der Waals surface area contributed by atoms with Crippen molar-refractivity contribution in [3.8, 4) is 0 Å². The van der Waals surface area contributed by atoms with Crippen LogP contribution in [-0.2, 0) is 16.1 Å². The Morgan fingerprint density at radius 2 is 1.58 bits per heavy atom. The number of hydrogen-bond acceptors (Lipinski definition) is 7. The number of allylic oxidation sites excluding steroid dienone is 1. The Morgan fingerprint density at radius 1 is 0.920 bits per heavy atom. The van der Waals surface area contributed by atoms with Crippen LogP contribution in [0.25, 0.3) is 0 Å². The summed E-state index contributed by atoms with van der Waals surface area (Å²) in [5.74, 6) is 0.510. The Bertz CT molecular complexity index is 1560. The molecule has 0 spiro atoms. The summed E-state index contributed by atoms with van der Waals surface area (Å²) < 4.78 is 0. The second-order valence-electron chi connectivity index (χ2n) is 19.2. The lowest BCUT2D eigenvalue weighted by Gasteiger charge is -2.78. The molecule has 1 aromatic carbocycles. The van der Waals surface area contributed by atoms with E-state index in [1.807, 2.05) is 24.3 Å². The van der Waals surface area contributed by atoms with Gasteiger partial charge in [-0.2, -0.15) is 0 Å². The number of benzene rings is 1. The molecule has 6 rings (SSSR count). The van der Waals surface area contributed by atoms with Gasteiger partial charge < -0.3 is 21.5 Å². The third-order valence-electron chi connectivity index (χ3n) is 16.2. The van der Waals surface area contributed by atoms with Crippen LogP contribution in [0.4, 0.5) is 0 Å². The van der Waals surface area contributed by atoms with Crippen LogP contribution in [0.2, 0.25) is 5.02 Å². The molecule has 0 aromatic heterocycles. The van der Waals surface area contributed by atoms with Gasteiger partial charge in [-0.15, -0.1) is 0 Å². The molecule has 8 heteroatoms. The number of ketones is 2. The maximum Gasteiger partial charge on any atom is 0.160 e. The molecular formula is C42H65ClN4O3. The van der Waals surface area contributed by atoms with Crippen LogP contribution >= 0.6 is 11.6 Å². The zero-order chi connectivity index (χ0) is 36.9. The molecule has 0 aliphatic heterocycles. The van der Waals surface area contributed by atoms with Crippen molar-refractivity contribution in [2.75, 3.05) is 33.7 Å². The Labute approximate surface area is 306 Å². The maximum absolute atomic E-state index is 15.1. The van der Waals surface area contributed by atoms with Gasteiger partial charge in [0.15, 0.2) is 11.6 Å². The molecular weight excluding hydrogens is 644 g/mol. The summed E-state index contributed by atoms with van der Waals surface area (Å²) in [4.78, 5) is 33.8. The lowest BCUT2D eigenvalue weighted by molar-refractivity contribution is -0.243. The zero-order valence-corrected chi connectivity index (χ0v) is 33.2. The Hall–Kier alpha value is -1.61. The molecule has 5 N–H and O–H groups in total. The molecule has 5 aliphatic carbocycles. The van der Waals surface area contributed by atoms with E-state index in [1.54, 1.807) is 0 Å². The number of carbonyl (C=O) groups is 2. The molecule has 278 valence electrons.